The number of anilines is 1. The number of hydrogen-bond donors (Lipinski definition) is 1. The van der Waals surface area contributed by atoms with Crippen molar-refractivity contribution in [2.45, 2.75) is 19.8 Å². The Morgan fingerprint density at radius 3 is 2.30 bits per heavy atom. The minimum absolute atomic E-state index is 0.101. The van der Waals surface area contributed by atoms with Gasteiger partial charge in [-0.1, -0.05) is 30.3 Å². The van der Waals surface area contributed by atoms with Gasteiger partial charge >= 0.3 is 0 Å². The lowest BCUT2D eigenvalue weighted by Gasteiger charge is -2.29. The van der Waals surface area contributed by atoms with Crippen LogP contribution < -0.4 is 5.32 Å². The van der Waals surface area contributed by atoms with Crippen LogP contribution in [0.15, 0.2) is 30.3 Å². The highest BCUT2D eigenvalue weighted by Gasteiger charge is 2.32. The van der Waals surface area contributed by atoms with Crippen LogP contribution in [0.3, 0.4) is 0 Å². The number of carbonyl (C=O) groups excluding carboxylic acids is 2. The third-order valence-electron chi connectivity index (χ3n) is 6.23. The number of carbonyl (C=O) groups is 2. The number of sulfonamides is 1. The van der Waals surface area contributed by atoms with Gasteiger partial charge in [0.05, 0.1) is 25.0 Å². The van der Waals surface area contributed by atoms with Crippen molar-refractivity contribution in [3.63, 3.8) is 0 Å². The number of nitrogens with one attached hydrogen (secondary N) is 1. The number of nitrogens with zero attached hydrogens (tertiary/aromatic N) is 2. The summed E-state index contributed by atoms with van der Waals surface area (Å²) in [6, 6.07) is 9.83. The van der Waals surface area contributed by atoms with Crippen LogP contribution in [0.4, 0.5) is 5.00 Å². The Kier molecular flexibility index (Phi) is 7.18. The number of rotatable bonds is 5. The molecule has 0 aliphatic carbocycles. The van der Waals surface area contributed by atoms with Crippen LogP contribution in [0.25, 0.3) is 10.4 Å². The van der Waals surface area contributed by atoms with Crippen LogP contribution in [-0.4, -0.2) is 75.1 Å². The molecule has 33 heavy (non-hydrogen) atoms. The Morgan fingerprint density at radius 1 is 1.06 bits per heavy atom. The van der Waals surface area contributed by atoms with Crippen molar-refractivity contribution in [1.82, 2.24) is 9.21 Å². The molecule has 4 rings (SSSR count). The van der Waals surface area contributed by atoms with E-state index in [0.29, 0.717) is 62.8 Å². The Bertz CT molecular complexity index is 1120. The fraction of sp³-hybridized carbons (Fsp3) is 0.478. The first-order chi connectivity index (χ1) is 15.8. The van der Waals surface area contributed by atoms with Crippen molar-refractivity contribution in [2.75, 3.05) is 51.0 Å². The van der Waals surface area contributed by atoms with Gasteiger partial charge in [-0.25, -0.2) is 12.7 Å². The molecular formula is C23H29N3O5S2. The second kappa shape index (κ2) is 9.92. The van der Waals surface area contributed by atoms with E-state index in [1.54, 1.807) is 4.90 Å². The number of benzene rings is 1. The zero-order chi connectivity index (χ0) is 23.6. The summed E-state index contributed by atoms with van der Waals surface area (Å²) in [6.45, 7) is 4.62. The molecule has 8 nitrogen and oxygen atoms in total. The molecule has 0 saturated carbocycles. The summed E-state index contributed by atoms with van der Waals surface area (Å²) in [6.07, 6.45) is 2.11. The zero-order valence-electron chi connectivity index (χ0n) is 18.9. The highest BCUT2D eigenvalue weighted by Crippen LogP contribution is 2.41. The smallest absolute Gasteiger partial charge is 0.257 e. The minimum Gasteiger partial charge on any atom is -0.378 e. The predicted molar refractivity (Wildman–Crippen MR) is 129 cm³/mol. The number of amides is 2. The molecule has 1 aromatic carbocycles. The van der Waals surface area contributed by atoms with E-state index in [-0.39, 0.29) is 17.7 Å². The SMILES string of the molecule is Cc1c(-c2ccccc2)sc(NC(=O)C2CCN(S(C)(=O)=O)CC2)c1C(=O)N1CCOCC1. The summed E-state index contributed by atoms with van der Waals surface area (Å²) in [5.41, 5.74) is 2.38. The molecule has 2 aliphatic rings. The highest BCUT2D eigenvalue weighted by molar-refractivity contribution is 7.88. The van der Waals surface area contributed by atoms with E-state index in [1.807, 2.05) is 37.3 Å². The molecule has 3 heterocycles. The summed E-state index contributed by atoms with van der Waals surface area (Å²) in [7, 11) is -3.25. The van der Waals surface area contributed by atoms with Gasteiger partial charge < -0.3 is 15.0 Å². The minimum atomic E-state index is -3.25. The highest BCUT2D eigenvalue weighted by atomic mass is 32.2. The van der Waals surface area contributed by atoms with E-state index < -0.39 is 10.0 Å². The Hall–Kier alpha value is -2.27. The molecule has 0 atom stereocenters. The molecule has 2 aliphatic heterocycles. The van der Waals surface area contributed by atoms with Crippen LogP contribution >= 0.6 is 11.3 Å². The van der Waals surface area contributed by atoms with Gasteiger partial charge in [-0.2, -0.15) is 0 Å². The summed E-state index contributed by atoms with van der Waals surface area (Å²) < 4.78 is 30.3. The molecule has 0 spiro atoms. The number of morpholine rings is 1. The number of ether oxygens (including phenoxy) is 1. The third kappa shape index (κ3) is 5.29. The van der Waals surface area contributed by atoms with E-state index in [0.717, 1.165) is 16.0 Å². The molecule has 2 fully saturated rings. The van der Waals surface area contributed by atoms with Gasteiger partial charge in [0.15, 0.2) is 0 Å². The molecular weight excluding hydrogens is 462 g/mol. The molecule has 2 aromatic rings. The van der Waals surface area contributed by atoms with E-state index >= 15 is 0 Å². The summed E-state index contributed by atoms with van der Waals surface area (Å²) in [4.78, 5) is 29.3. The molecule has 2 saturated heterocycles. The van der Waals surface area contributed by atoms with Crippen molar-refractivity contribution in [3.05, 3.63) is 41.5 Å². The predicted octanol–water partition coefficient (Wildman–Crippen LogP) is 2.81. The van der Waals surface area contributed by atoms with Crippen molar-refractivity contribution < 1.29 is 22.7 Å². The molecule has 0 unspecified atom stereocenters. The van der Waals surface area contributed by atoms with E-state index in [2.05, 4.69) is 5.32 Å². The molecule has 10 heteroatoms. The first-order valence-corrected chi connectivity index (χ1v) is 13.7. The van der Waals surface area contributed by atoms with Crippen LogP contribution in [-0.2, 0) is 19.6 Å². The maximum absolute atomic E-state index is 13.4. The molecule has 2 amide bonds. The fourth-order valence-corrected chi connectivity index (χ4v) is 6.39. The monoisotopic (exact) mass is 491 g/mol. The maximum atomic E-state index is 13.4. The fourth-order valence-electron chi connectivity index (χ4n) is 4.31. The third-order valence-corrected chi connectivity index (χ3v) is 8.78. The Balaban J connectivity index is 1.60. The first kappa shape index (κ1) is 23.9. The zero-order valence-corrected chi connectivity index (χ0v) is 20.5. The summed E-state index contributed by atoms with van der Waals surface area (Å²) in [5, 5.41) is 3.57. The van der Waals surface area contributed by atoms with Crippen LogP contribution in [0.5, 0.6) is 0 Å². The van der Waals surface area contributed by atoms with Crippen LogP contribution in [0, 0.1) is 12.8 Å². The van der Waals surface area contributed by atoms with Crippen LogP contribution in [0.1, 0.15) is 28.8 Å². The van der Waals surface area contributed by atoms with Crippen molar-refractivity contribution in [2.24, 2.45) is 5.92 Å². The first-order valence-electron chi connectivity index (χ1n) is 11.1. The van der Waals surface area contributed by atoms with Gasteiger partial charge in [-0.15, -0.1) is 11.3 Å². The van der Waals surface area contributed by atoms with Gasteiger partial charge in [0.1, 0.15) is 5.00 Å². The summed E-state index contributed by atoms with van der Waals surface area (Å²) in [5.74, 6) is -0.562. The Morgan fingerprint density at radius 2 is 1.70 bits per heavy atom. The molecule has 1 aromatic heterocycles. The largest absolute Gasteiger partial charge is 0.378 e. The second-order valence-electron chi connectivity index (χ2n) is 8.46. The molecule has 0 radical (unpaired) electrons. The quantitative estimate of drug-likeness (QED) is 0.694. The molecule has 1 N–H and O–H groups in total. The molecule has 178 valence electrons. The second-order valence-corrected chi connectivity index (χ2v) is 11.5. The van der Waals surface area contributed by atoms with Gasteiger partial charge in [0.2, 0.25) is 15.9 Å². The van der Waals surface area contributed by atoms with Crippen molar-refractivity contribution in [1.29, 1.82) is 0 Å². The van der Waals surface area contributed by atoms with E-state index in [4.69, 9.17) is 4.74 Å². The van der Waals surface area contributed by atoms with E-state index in [1.165, 1.54) is 21.9 Å². The lowest BCUT2D eigenvalue weighted by atomic mass is 9.97. The average molecular weight is 492 g/mol. The van der Waals surface area contributed by atoms with Crippen LogP contribution in [0.2, 0.25) is 0 Å². The van der Waals surface area contributed by atoms with Crippen molar-refractivity contribution in [3.8, 4) is 10.4 Å². The summed E-state index contributed by atoms with van der Waals surface area (Å²) >= 11 is 1.41. The average Bonchev–Trinajstić information content (AvgIpc) is 3.14. The number of hydrogen-bond acceptors (Lipinski definition) is 6. The Labute approximate surface area is 198 Å². The maximum Gasteiger partial charge on any atom is 0.257 e. The van der Waals surface area contributed by atoms with Gasteiger partial charge in [-0.3, -0.25) is 9.59 Å². The topological polar surface area (TPSA) is 96.0 Å². The normalized spacial score (nSPS) is 18.3. The molecule has 0 bridgehead atoms. The lowest BCUT2D eigenvalue weighted by molar-refractivity contribution is -0.120. The lowest BCUT2D eigenvalue weighted by Crippen LogP contribution is -2.42. The standard InChI is InChI=1S/C23H29N3O5S2/c1-16-19(23(28)25-12-14-31-15-13-25)22(32-20(16)17-6-4-3-5-7-17)24-21(27)18-8-10-26(11-9-18)33(2,29)30/h3-7,18H,8-15H2,1-2H3,(H,24,27). The number of thiophene rings is 1. The van der Waals surface area contributed by atoms with Crippen molar-refractivity contribution >= 4 is 38.2 Å². The number of piperidine rings is 1. The van der Waals surface area contributed by atoms with Gasteiger partial charge in [0, 0.05) is 37.0 Å². The van der Waals surface area contributed by atoms with Gasteiger partial charge in [-0.05, 0) is 30.9 Å². The van der Waals surface area contributed by atoms with Gasteiger partial charge in [0.25, 0.3) is 5.91 Å². The van der Waals surface area contributed by atoms with E-state index in [9.17, 15) is 18.0 Å².